The van der Waals surface area contributed by atoms with Gasteiger partial charge in [-0.15, -0.1) is 0 Å². The first-order chi connectivity index (χ1) is 17.5. The number of thioether (sulfide) groups is 1. The van der Waals surface area contributed by atoms with Crippen LogP contribution in [0.3, 0.4) is 0 Å². The number of aliphatic imine (C=N–C) groups is 1. The number of benzene rings is 3. The van der Waals surface area contributed by atoms with Crippen LogP contribution in [0.15, 0.2) is 95.1 Å². The molecule has 0 radical (unpaired) electrons. The smallest absolute Gasteiger partial charge is 0.255 e. The summed E-state index contributed by atoms with van der Waals surface area (Å²) in [5, 5.41) is 6.99. The quantitative estimate of drug-likeness (QED) is 0.454. The van der Waals surface area contributed by atoms with E-state index in [2.05, 4.69) is 15.5 Å². The lowest BCUT2D eigenvalue weighted by Gasteiger charge is -2.41. The zero-order valence-electron chi connectivity index (χ0n) is 20.3. The van der Waals surface area contributed by atoms with E-state index in [0.717, 1.165) is 40.7 Å². The molecule has 1 atom stereocenters. The largest absolute Gasteiger partial charge is 0.340 e. The molecule has 0 aliphatic carbocycles. The van der Waals surface area contributed by atoms with Gasteiger partial charge in [0.05, 0.1) is 17.3 Å². The van der Waals surface area contributed by atoms with Crippen LogP contribution in [0, 0.1) is 6.92 Å². The van der Waals surface area contributed by atoms with E-state index in [4.69, 9.17) is 4.99 Å². The number of amidine groups is 1. The van der Waals surface area contributed by atoms with Gasteiger partial charge < -0.3 is 15.5 Å². The van der Waals surface area contributed by atoms with Crippen molar-refractivity contribution in [1.82, 2.24) is 4.90 Å². The van der Waals surface area contributed by atoms with Crippen LogP contribution in [-0.4, -0.2) is 34.2 Å². The lowest BCUT2D eigenvalue weighted by atomic mass is 9.93. The zero-order chi connectivity index (χ0) is 25.1. The van der Waals surface area contributed by atoms with Crippen LogP contribution in [0.2, 0.25) is 0 Å². The standard InChI is InChI=1S/C29H28N4O2S/c1-19-12-14-21(15-13-19)27(34)32-24-11-6-8-22(18-24)26-25(28(35)31-23-9-4-3-5-10-23)20(2)30-29-33(26)16-7-17-36-29/h3-6,8-15,18,26H,7,16-17H2,1-2H3,(H,31,35)(H,32,34)/t26-/m1/s1. The number of nitrogens with zero attached hydrogens (tertiary/aromatic N) is 2. The molecule has 2 amide bonds. The van der Waals surface area contributed by atoms with Gasteiger partial charge in [0.15, 0.2) is 5.17 Å². The predicted molar refractivity (Wildman–Crippen MR) is 147 cm³/mol. The first-order valence-corrected chi connectivity index (χ1v) is 13.0. The van der Waals surface area contributed by atoms with E-state index in [1.165, 1.54) is 0 Å². The van der Waals surface area contributed by atoms with Crippen molar-refractivity contribution in [2.24, 2.45) is 4.99 Å². The summed E-state index contributed by atoms with van der Waals surface area (Å²) in [5.74, 6) is 0.671. The van der Waals surface area contributed by atoms with Gasteiger partial charge in [-0.05, 0) is 62.2 Å². The molecule has 0 spiro atoms. The molecule has 1 fully saturated rings. The third-order valence-corrected chi connectivity index (χ3v) is 7.39. The molecule has 36 heavy (non-hydrogen) atoms. The highest BCUT2D eigenvalue weighted by atomic mass is 32.2. The average molecular weight is 497 g/mol. The van der Waals surface area contributed by atoms with Crippen molar-refractivity contribution in [1.29, 1.82) is 0 Å². The minimum absolute atomic E-state index is 0.166. The minimum Gasteiger partial charge on any atom is -0.340 e. The maximum atomic E-state index is 13.6. The minimum atomic E-state index is -0.301. The van der Waals surface area contributed by atoms with Gasteiger partial charge in [0, 0.05) is 29.2 Å². The second-order valence-electron chi connectivity index (χ2n) is 8.96. The van der Waals surface area contributed by atoms with Crippen LogP contribution >= 0.6 is 11.8 Å². The van der Waals surface area contributed by atoms with Crippen molar-refractivity contribution in [3.05, 3.63) is 107 Å². The molecule has 7 heteroatoms. The predicted octanol–water partition coefficient (Wildman–Crippen LogP) is 6.01. The molecule has 5 rings (SSSR count). The summed E-state index contributed by atoms with van der Waals surface area (Å²) in [4.78, 5) is 33.4. The number of allylic oxidation sites excluding steroid dienone is 1. The Labute approximate surface area is 215 Å². The molecule has 182 valence electrons. The fraction of sp³-hybridized carbons (Fsp3) is 0.207. The van der Waals surface area contributed by atoms with E-state index < -0.39 is 0 Å². The highest BCUT2D eigenvalue weighted by Crippen LogP contribution is 2.40. The Balaban J connectivity index is 1.48. The number of anilines is 2. The van der Waals surface area contributed by atoms with Crippen molar-refractivity contribution >= 4 is 40.1 Å². The maximum Gasteiger partial charge on any atom is 0.255 e. The second-order valence-corrected chi connectivity index (χ2v) is 10.0. The molecule has 0 bridgehead atoms. The Morgan fingerprint density at radius 1 is 0.889 bits per heavy atom. The van der Waals surface area contributed by atoms with Crippen molar-refractivity contribution in [3.8, 4) is 0 Å². The normalized spacial score (nSPS) is 17.2. The van der Waals surface area contributed by atoms with E-state index >= 15 is 0 Å². The number of hydrogen-bond acceptors (Lipinski definition) is 5. The summed E-state index contributed by atoms with van der Waals surface area (Å²) >= 11 is 1.72. The number of amides is 2. The highest BCUT2D eigenvalue weighted by Gasteiger charge is 2.37. The number of fused-ring (bicyclic) bond motifs is 1. The van der Waals surface area contributed by atoms with Gasteiger partial charge in [-0.3, -0.25) is 9.59 Å². The lowest BCUT2D eigenvalue weighted by Crippen LogP contribution is -2.43. The van der Waals surface area contributed by atoms with Crippen molar-refractivity contribution in [3.63, 3.8) is 0 Å². The Bertz CT molecular complexity index is 1350. The monoisotopic (exact) mass is 496 g/mol. The SMILES string of the molecule is CC1=C(C(=O)Nc2ccccc2)[C@@H](c2cccc(NC(=O)c3ccc(C)cc3)c2)N2CCCSC2=N1. The number of carbonyl (C=O) groups is 2. The fourth-order valence-electron chi connectivity index (χ4n) is 4.52. The molecule has 6 nitrogen and oxygen atoms in total. The molecule has 2 heterocycles. The highest BCUT2D eigenvalue weighted by molar-refractivity contribution is 8.13. The third-order valence-electron chi connectivity index (χ3n) is 6.31. The van der Waals surface area contributed by atoms with Crippen LogP contribution in [0.4, 0.5) is 11.4 Å². The molecule has 3 aromatic carbocycles. The number of carbonyl (C=O) groups excluding carboxylic acids is 2. The summed E-state index contributed by atoms with van der Waals surface area (Å²) in [6, 6.07) is 24.4. The third kappa shape index (κ3) is 5.06. The van der Waals surface area contributed by atoms with Crippen LogP contribution in [-0.2, 0) is 4.79 Å². The molecular weight excluding hydrogens is 468 g/mol. The second kappa shape index (κ2) is 10.4. The first-order valence-electron chi connectivity index (χ1n) is 12.0. The van der Waals surface area contributed by atoms with E-state index in [9.17, 15) is 9.59 Å². The number of aryl methyl sites for hydroxylation is 1. The van der Waals surface area contributed by atoms with E-state index in [1.54, 1.807) is 11.8 Å². The molecule has 1 saturated heterocycles. The van der Waals surface area contributed by atoms with Crippen molar-refractivity contribution in [2.45, 2.75) is 26.3 Å². The van der Waals surface area contributed by atoms with E-state index in [-0.39, 0.29) is 17.9 Å². The number of nitrogens with one attached hydrogen (secondary N) is 2. The molecule has 3 aromatic rings. The van der Waals surface area contributed by atoms with E-state index in [0.29, 0.717) is 22.5 Å². The van der Waals surface area contributed by atoms with Crippen molar-refractivity contribution < 1.29 is 9.59 Å². The number of para-hydroxylation sites is 1. The van der Waals surface area contributed by atoms with Crippen LogP contribution in [0.25, 0.3) is 0 Å². The topological polar surface area (TPSA) is 73.8 Å². The van der Waals surface area contributed by atoms with Crippen LogP contribution < -0.4 is 10.6 Å². The van der Waals surface area contributed by atoms with Crippen molar-refractivity contribution in [2.75, 3.05) is 22.9 Å². The Hall–Kier alpha value is -3.84. The molecular formula is C29H28N4O2S. The van der Waals surface area contributed by atoms with Gasteiger partial charge >= 0.3 is 0 Å². The summed E-state index contributed by atoms with van der Waals surface area (Å²) in [7, 11) is 0. The van der Waals surface area contributed by atoms with Gasteiger partial charge in [0.1, 0.15) is 0 Å². The zero-order valence-corrected chi connectivity index (χ0v) is 21.1. The van der Waals surface area contributed by atoms with E-state index in [1.807, 2.05) is 92.7 Å². The first kappa shape index (κ1) is 23.9. The number of hydrogen-bond donors (Lipinski definition) is 2. The molecule has 0 aromatic heterocycles. The molecule has 2 aliphatic heterocycles. The summed E-state index contributed by atoms with van der Waals surface area (Å²) in [6.07, 6.45) is 1.01. The molecule has 0 saturated carbocycles. The lowest BCUT2D eigenvalue weighted by molar-refractivity contribution is -0.113. The number of rotatable bonds is 5. The summed E-state index contributed by atoms with van der Waals surface area (Å²) in [6.45, 7) is 4.70. The van der Waals surface area contributed by atoms with Crippen LogP contribution in [0.1, 0.15) is 40.9 Å². The van der Waals surface area contributed by atoms with Crippen LogP contribution in [0.5, 0.6) is 0 Å². The fourth-order valence-corrected chi connectivity index (χ4v) is 5.54. The summed E-state index contributed by atoms with van der Waals surface area (Å²) < 4.78 is 0. The van der Waals surface area contributed by atoms with Gasteiger partial charge in [-0.25, -0.2) is 4.99 Å². The molecule has 0 unspecified atom stereocenters. The summed E-state index contributed by atoms with van der Waals surface area (Å²) in [5.41, 5.74) is 5.39. The van der Waals surface area contributed by atoms with Gasteiger partial charge in [0.2, 0.25) is 0 Å². The van der Waals surface area contributed by atoms with Gasteiger partial charge in [-0.1, -0.05) is 59.8 Å². The Morgan fingerprint density at radius 3 is 2.39 bits per heavy atom. The maximum absolute atomic E-state index is 13.6. The molecule has 2 aliphatic rings. The van der Waals surface area contributed by atoms with Gasteiger partial charge in [-0.2, -0.15) is 0 Å². The average Bonchev–Trinajstić information content (AvgIpc) is 2.89. The Kier molecular flexibility index (Phi) is 6.91. The Morgan fingerprint density at radius 2 is 1.61 bits per heavy atom. The van der Waals surface area contributed by atoms with Gasteiger partial charge in [0.25, 0.3) is 11.8 Å². The molecule has 2 N–H and O–H groups in total.